The van der Waals surface area contributed by atoms with Gasteiger partial charge in [0.1, 0.15) is 5.82 Å². The van der Waals surface area contributed by atoms with Crippen molar-refractivity contribution in [3.63, 3.8) is 0 Å². The summed E-state index contributed by atoms with van der Waals surface area (Å²) >= 11 is 0. The Kier molecular flexibility index (Phi) is 4.20. The molecule has 1 aromatic carbocycles. The minimum atomic E-state index is 0.796. The molecule has 0 atom stereocenters. The van der Waals surface area contributed by atoms with Crippen LogP contribution in [-0.2, 0) is 0 Å². The summed E-state index contributed by atoms with van der Waals surface area (Å²) in [5.41, 5.74) is 2.96. The molecular weight excluding hydrogens is 272 g/mol. The molecule has 0 aliphatic rings. The quantitative estimate of drug-likeness (QED) is 0.546. The Morgan fingerprint density at radius 1 is 0.818 bits per heavy atom. The molecule has 0 aliphatic carbocycles. The van der Waals surface area contributed by atoms with Gasteiger partial charge >= 0.3 is 0 Å². The van der Waals surface area contributed by atoms with E-state index in [1.165, 1.54) is 0 Å². The van der Waals surface area contributed by atoms with Crippen molar-refractivity contribution in [2.75, 3.05) is 12.1 Å². The summed E-state index contributed by atoms with van der Waals surface area (Å²) < 4.78 is 0. The lowest BCUT2D eigenvalue weighted by Gasteiger charge is -2.15. The van der Waals surface area contributed by atoms with Gasteiger partial charge in [0, 0.05) is 36.8 Å². The number of anilines is 1. The van der Waals surface area contributed by atoms with Crippen molar-refractivity contribution < 1.29 is 0 Å². The van der Waals surface area contributed by atoms with Gasteiger partial charge in [-0.25, -0.2) is 4.98 Å². The van der Waals surface area contributed by atoms with Crippen LogP contribution >= 0.6 is 0 Å². The van der Waals surface area contributed by atoms with Gasteiger partial charge in [-0.05, 0) is 24.3 Å². The molecule has 0 spiro atoms. The van der Waals surface area contributed by atoms with E-state index in [9.17, 15) is 0 Å². The van der Waals surface area contributed by atoms with Crippen molar-refractivity contribution in [1.29, 1.82) is 0 Å². The third-order valence-corrected chi connectivity index (χ3v) is 3.23. The maximum Gasteiger partial charge on any atom is 0.148 e. The van der Waals surface area contributed by atoms with Crippen LogP contribution < -0.4 is 5.01 Å². The van der Waals surface area contributed by atoms with Crippen LogP contribution in [0.25, 0.3) is 0 Å². The van der Waals surface area contributed by atoms with Crippen LogP contribution in [0.5, 0.6) is 0 Å². The molecule has 0 fully saturated rings. The molecule has 0 aliphatic heterocycles. The Bertz CT molecular complexity index is 698. The molecule has 0 unspecified atom stereocenters. The molecule has 2 aromatic heterocycles. The standard InChI is InChI=1S/C18H16N4/c1-22(17-9-5-6-12-20-17)21-18(15-7-3-2-4-8-15)16-10-13-19-14-11-16/h2-14H,1H3. The van der Waals surface area contributed by atoms with Crippen molar-refractivity contribution in [2.24, 2.45) is 5.10 Å². The number of hydrogen-bond donors (Lipinski definition) is 0. The van der Waals surface area contributed by atoms with E-state index in [4.69, 9.17) is 5.10 Å². The highest BCUT2D eigenvalue weighted by molar-refractivity contribution is 6.13. The molecule has 0 N–H and O–H groups in total. The summed E-state index contributed by atoms with van der Waals surface area (Å²) in [5, 5.41) is 6.53. The summed E-state index contributed by atoms with van der Waals surface area (Å²) in [6.07, 6.45) is 5.30. The summed E-state index contributed by atoms with van der Waals surface area (Å²) in [4.78, 5) is 8.40. The molecule has 0 amide bonds. The molecule has 2 heterocycles. The lowest BCUT2D eigenvalue weighted by molar-refractivity contribution is 0.977. The largest absolute Gasteiger partial charge is 0.265 e. The van der Waals surface area contributed by atoms with Gasteiger partial charge in [-0.3, -0.25) is 9.99 Å². The zero-order chi connectivity index (χ0) is 15.2. The van der Waals surface area contributed by atoms with Gasteiger partial charge in [-0.2, -0.15) is 5.10 Å². The fourth-order valence-electron chi connectivity index (χ4n) is 2.13. The van der Waals surface area contributed by atoms with Gasteiger partial charge in [0.15, 0.2) is 0 Å². The second-order valence-corrected chi connectivity index (χ2v) is 4.76. The summed E-state index contributed by atoms with van der Waals surface area (Å²) in [5.74, 6) is 0.796. The van der Waals surface area contributed by atoms with E-state index in [-0.39, 0.29) is 0 Å². The number of benzene rings is 1. The number of pyridine rings is 2. The van der Waals surface area contributed by atoms with E-state index in [0.717, 1.165) is 22.7 Å². The number of hydrogen-bond acceptors (Lipinski definition) is 4. The molecule has 0 saturated carbocycles. The molecule has 22 heavy (non-hydrogen) atoms. The lowest BCUT2D eigenvalue weighted by Crippen LogP contribution is -2.16. The zero-order valence-electron chi connectivity index (χ0n) is 12.3. The first-order valence-corrected chi connectivity index (χ1v) is 7.04. The normalized spacial score (nSPS) is 11.2. The van der Waals surface area contributed by atoms with Crippen LogP contribution in [0.4, 0.5) is 5.82 Å². The fourth-order valence-corrected chi connectivity index (χ4v) is 2.13. The van der Waals surface area contributed by atoms with Crippen molar-refractivity contribution in [3.05, 3.63) is 90.4 Å². The lowest BCUT2D eigenvalue weighted by atomic mass is 10.0. The maximum absolute atomic E-state index is 4.75. The molecule has 4 nitrogen and oxygen atoms in total. The monoisotopic (exact) mass is 288 g/mol. The van der Waals surface area contributed by atoms with Crippen LogP contribution in [0.3, 0.4) is 0 Å². The number of nitrogens with zero attached hydrogens (tertiary/aromatic N) is 4. The molecule has 3 aromatic rings. The van der Waals surface area contributed by atoms with Gasteiger partial charge in [0.25, 0.3) is 0 Å². The van der Waals surface area contributed by atoms with E-state index in [0.29, 0.717) is 0 Å². The third kappa shape index (κ3) is 3.17. The van der Waals surface area contributed by atoms with Crippen LogP contribution in [0.1, 0.15) is 11.1 Å². The smallest absolute Gasteiger partial charge is 0.148 e. The first kappa shape index (κ1) is 13.9. The molecular formula is C18H16N4. The SMILES string of the molecule is CN(N=C(c1ccccc1)c1ccncc1)c1ccccn1. The minimum Gasteiger partial charge on any atom is -0.265 e. The predicted molar refractivity (Wildman–Crippen MR) is 89.0 cm³/mol. The van der Waals surface area contributed by atoms with E-state index in [1.807, 2.05) is 67.7 Å². The predicted octanol–water partition coefficient (Wildman–Crippen LogP) is 3.37. The van der Waals surface area contributed by atoms with Crippen LogP contribution in [-0.4, -0.2) is 22.7 Å². The van der Waals surface area contributed by atoms with Gasteiger partial charge in [0.2, 0.25) is 0 Å². The van der Waals surface area contributed by atoms with E-state index >= 15 is 0 Å². The van der Waals surface area contributed by atoms with Gasteiger partial charge in [-0.15, -0.1) is 0 Å². The average Bonchev–Trinajstić information content (AvgIpc) is 2.62. The second kappa shape index (κ2) is 6.63. The molecule has 108 valence electrons. The van der Waals surface area contributed by atoms with E-state index in [2.05, 4.69) is 9.97 Å². The highest BCUT2D eigenvalue weighted by atomic mass is 15.5. The van der Waals surface area contributed by atoms with Crippen LogP contribution in [0.2, 0.25) is 0 Å². The van der Waals surface area contributed by atoms with Crippen molar-refractivity contribution in [1.82, 2.24) is 9.97 Å². The molecule has 0 bridgehead atoms. The molecule has 0 radical (unpaired) electrons. The van der Waals surface area contributed by atoms with Crippen LogP contribution in [0, 0.1) is 0 Å². The number of hydrazone groups is 1. The minimum absolute atomic E-state index is 0.796. The van der Waals surface area contributed by atoms with Crippen molar-refractivity contribution >= 4 is 11.5 Å². The first-order chi connectivity index (χ1) is 10.8. The summed E-state index contributed by atoms with van der Waals surface area (Å²) in [6, 6.07) is 19.8. The van der Waals surface area contributed by atoms with Crippen molar-refractivity contribution in [2.45, 2.75) is 0 Å². The topological polar surface area (TPSA) is 41.4 Å². The first-order valence-electron chi connectivity index (χ1n) is 7.04. The summed E-state index contributed by atoms with van der Waals surface area (Å²) in [7, 11) is 1.90. The highest BCUT2D eigenvalue weighted by Gasteiger charge is 2.09. The highest BCUT2D eigenvalue weighted by Crippen LogP contribution is 2.14. The number of rotatable bonds is 4. The van der Waals surface area contributed by atoms with Crippen LogP contribution in [0.15, 0.2) is 84.4 Å². The Labute approximate surface area is 129 Å². The zero-order valence-corrected chi connectivity index (χ0v) is 12.3. The Morgan fingerprint density at radius 3 is 2.18 bits per heavy atom. The molecule has 3 rings (SSSR count). The second-order valence-electron chi connectivity index (χ2n) is 4.76. The maximum atomic E-state index is 4.75. The van der Waals surface area contributed by atoms with E-state index in [1.54, 1.807) is 23.6 Å². The Morgan fingerprint density at radius 2 is 1.50 bits per heavy atom. The molecule has 0 saturated heterocycles. The average molecular weight is 288 g/mol. The van der Waals surface area contributed by atoms with Gasteiger partial charge in [-0.1, -0.05) is 36.4 Å². The van der Waals surface area contributed by atoms with E-state index < -0.39 is 0 Å². The van der Waals surface area contributed by atoms with Gasteiger partial charge in [0.05, 0.1) is 5.71 Å². The fraction of sp³-hybridized carbons (Fsp3) is 0.0556. The third-order valence-electron chi connectivity index (χ3n) is 3.23. The summed E-state index contributed by atoms with van der Waals surface area (Å²) in [6.45, 7) is 0. The molecule has 4 heteroatoms. The van der Waals surface area contributed by atoms with Crippen molar-refractivity contribution in [3.8, 4) is 0 Å². The Hall–Kier alpha value is -3.01. The van der Waals surface area contributed by atoms with Gasteiger partial charge < -0.3 is 0 Å². The Balaban J connectivity index is 2.04. The number of aromatic nitrogens is 2.